The van der Waals surface area contributed by atoms with E-state index in [1.165, 1.54) is 4.31 Å². The Morgan fingerprint density at radius 3 is 2.10 bits per heavy atom. The molecule has 0 aromatic carbocycles. The molecule has 2 saturated heterocycles. The van der Waals surface area contributed by atoms with Gasteiger partial charge < -0.3 is 9.47 Å². The van der Waals surface area contributed by atoms with E-state index in [1.807, 2.05) is 0 Å². The van der Waals surface area contributed by atoms with Gasteiger partial charge in [-0.25, -0.2) is 4.72 Å². The predicted molar refractivity (Wildman–Crippen MR) is 80.4 cm³/mol. The van der Waals surface area contributed by atoms with Crippen LogP contribution in [0.25, 0.3) is 0 Å². The maximum absolute atomic E-state index is 12.3. The van der Waals surface area contributed by atoms with E-state index in [0.717, 1.165) is 19.5 Å². The van der Waals surface area contributed by atoms with Gasteiger partial charge in [0.15, 0.2) is 0 Å². The van der Waals surface area contributed by atoms with Gasteiger partial charge >= 0.3 is 0 Å². The lowest BCUT2D eigenvalue weighted by Gasteiger charge is -2.43. The molecular formula is C13H27N3O4S. The molecule has 0 amide bonds. The van der Waals surface area contributed by atoms with E-state index in [2.05, 4.69) is 23.5 Å². The second kappa shape index (κ2) is 7.34. The van der Waals surface area contributed by atoms with Crippen LogP contribution in [0.5, 0.6) is 0 Å². The highest BCUT2D eigenvalue weighted by atomic mass is 32.2. The molecule has 0 aliphatic carbocycles. The van der Waals surface area contributed by atoms with Crippen LogP contribution in [0.4, 0.5) is 0 Å². The van der Waals surface area contributed by atoms with Gasteiger partial charge in [-0.3, -0.25) is 4.90 Å². The Hall–Kier alpha value is -0.250. The maximum atomic E-state index is 12.3. The van der Waals surface area contributed by atoms with Crippen molar-refractivity contribution in [1.82, 2.24) is 13.9 Å². The highest BCUT2D eigenvalue weighted by Gasteiger charge is 2.34. The van der Waals surface area contributed by atoms with Crippen LogP contribution in [-0.4, -0.2) is 82.3 Å². The molecule has 0 spiro atoms. The van der Waals surface area contributed by atoms with Crippen LogP contribution in [0, 0.1) is 0 Å². The number of nitrogens with one attached hydrogen (secondary N) is 1. The Labute approximate surface area is 127 Å². The van der Waals surface area contributed by atoms with Crippen LogP contribution in [0.15, 0.2) is 0 Å². The summed E-state index contributed by atoms with van der Waals surface area (Å²) < 4.78 is 39.5. The Bertz CT molecular complexity index is 419. The summed E-state index contributed by atoms with van der Waals surface area (Å²) >= 11 is 0. The fourth-order valence-electron chi connectivity index (χ4n) is 2.69. The lowest BCUT2D eigenvalue weighted by Crippen LogP contribution is -2.58. The molecule has 0 aromatic rings. The van der Waals surface area contributed by atoms with Gasteiger partial charge in [-0.1, -0.05) is 6.92 Å². The summed E-state index contributed by atoms with van der Waals surface area (Å²) in [7, 11) is -3.42. The summed E-state index contributed by atoms with van der Waals surface area (Å²) in [6.45, 7) is 9.54. The summed E-state index contributed by atoms with van der Waals surface area (Å²) in [5.41, 5.74) is -0.177. The Morgan fingerprint density at radius 1 is 1.05 bits per heavy atom. The first-order chi connectivity index (χ1) is 9.98. The van der Waals surface area contributed by atoms with Gasteiger partial charge in [0.25, 0.3) is 10.2 Å². The van der Waals surface area contributed by atoms with Gasteiger partial charge in [0.2, 0.25) is 0 Å². The van der Waals surface area contributed by atoms with E-state index in [0.29, 0.717) is 46.1 Å². The highest BCUT2D eigenvalue weighted by molar-refractivity contribution is 7.87. The van der Waals surface area contributed by atoms with Crippen LogP contribution in [-0.2, 0) is 19.7 Å². The highest BCUT2D eigenvalue weighted by Crippen LogP contribution is 2.20. The van der Waals surface area contributed by atoms with Gasteiger partial charge in [-0.15, -0.1) is 0 Å². The van der Waals surface area contributed by atoms with Gasteiger partial charge in [-0.2, -0.15) is 12.7 Å². The average molecular weight is 321 g/mol. The van der Waals surface area contributed by atoms with Crippen molar-refractivity contribution >= 4 is 10.2 Å². The minimum atomic E-state index is -3.42. The van der Waals surface area contributed by atoms with Crippen LogP contribution in [0.2, 0.25) is 0 Å². The molecule has 0 aromatic heterocycles. The fourth-order valence-corrected chi connectivity index (χ4v) is 3.99. The molecule has 21 heavy (non-hydrogen) atoms. The summed E-state index contributed by atoms with van der Waals surface area (Å²) in [5, 5.41) is 0. The first-order valence-corrected chi connectivity index (χ1v) is 9.07. The van der Waals surface area contributed by atoms with E-state index in [9.17, 15) is 8.42 Å². The van der Waals surface area contributed by atoms with Crippen molar-refractivity contribution in [3.63, 3.8) is 0 Å². The van der Waals surface area contributed by atoms with Gasteiger partial charge in [0.05, 0.1) is 26.4 Å². The zero-order chi connectivity index (χ0) is 15.3. The quantitative estimate of drug-likeness (QED) is 0.724. The van der Waals surface area contributed by atoms with Crippen LogP contribution < -0.4 is 4.72 Å². The van der Waals surface area contributed by atoms with E-state index >= 15 is 0 Å². The lowest BCUT2D eigenvalue weighted by molar-refractivity contribution is -0.0159. The van der Waals surface area contributed by atoms with Gasteiger partial charge in [0, 0.05) is 38.3 Å². The van der Waals surface area contributed by atoms with Crippen molar-refractivity contribution in [2.75, 3.05) is 59.2 Å². The normalized spacial score (nSPS) is 25.6. The first-order valence-electron chi connectivity index (χ1n) is 7.63. The van der Waals surface area contributed by atoms with Crippen LogP contribution in [0.3, 0.4) is 0 Å². The van der Waals surface area contributed by atoms with Crippen molar-refractivity contribution in [2.24, 2.45) is 0 Å². The predicted octanol–water partition coefficient (Wildman–Crippen LogP) is -0.346. The van der Waals surface area contributed by atoms with Crippen molar-refractivity contribution < 1.29 is 17.9 Å². The van der Waals surface area contributed by atoms with E-state index < -0.39 is 10.2 Å². The Kier molecular flexibility index (Phi) is 5.98. The van der Waals surface area contributed by atoms with E-state index in [1.54, 1.807) is 0 Å². The number of hydrogen-bond donors (Lipinski definition) is 1. The zero-order valence-electron chi connectivity index (χ0n) is 13.0. The molecule has 0 saturated carbocycles. The lowest BCUT2D eigenvalue weighted by atomic mass is 9.96. The molecule has 8 heteroatoms. The second-order valence-corrected chi connectivity index (χ2v) is 7.54. The monoisotopic (exact) mass is 321 g/mol. The molecular weight excluding hydrogens is 294 g/mol. The van der Waals surface area contributed by atoms with E-state index in [4.69, 9.17) is 9.47 Å². The van der Waals surface area contributed by atoms with Crippen molar-refractivity contribution in [3.05, 3.63) is 0 Å². The third-order valence-corrected chi connectivity index (χ3v) is 6.04. The van der Waals surface area contributed by atoms with Crippen LogP contribution >= 0.6 is 0 Å². The smallest absolute Gasteiger partial charge is 0.279 e. The number of rotatable bonds is 6. The third kappa shape index (κ3) is 4.37. The van der Waals surface area contributed by atoms with Crippen molar-refractivity contribution in [2.45, 2.75) is 25.8 Å². The molecule has 1 N–H and O–H groups in total. The Balaban J connectivity index is 1.94. The summed E-state index contributed by atoms with van der Waals surface area (Å²) in [6, 6.07) is 0. The minimum Gasteiger partial charge on any atom is -0.379 e. The van der Waals surface area contributed by atoms with Crippen LogP contribution in [0.1, 0.15) is 20.3 Å². The zero-order valence-corrected chi connectivity index (χ0v) is 13.8. The molecule has 2 rings (SSSR count). The second-order valence-electron chi connectivity index (χ2n) is 5.79. The standard InChI is InChI=1S/C13H27N3O4S/c1-3-13(2,15-4-8-19-9-5-15)12-14-21(17,18)16-6-10-20-11-7-16/h14H,3-12H2,1-2H3/t13-/m1/s1. The van der Waals surface area contributed by atoms with Crippen molar-refractivity contribution in [1.29, 1.82) is 0 Å². The molecule has 2 aliphatic rings. The molecule has 0 radical (unpaired) electrons. The number of ether oxygens (including phenoxy) is 2. The summed E-state index contributed by atoms with van der Waals surface area (Å²) in [5.74, 6) is 0. The van der Waals surface area contributed by atoms with E-state index in [-0.39, 0.29) is 5.54 Å². The molecule has 1 atom stereocenters. The molecule has 7 nitrogen and oxygen atoms in total. The minimum absolute atomic E-state index is 0.177. The van der Waals surface area contributed by atoms with Gasteiger partial charge in [0.1, 0.15) is 0 Å². The van der Waals surface area contributed by atoms with Gasteiger partial charge in [-0.05, 0) is 13.3 Å². The van der Waals surface area contributed by atoms with Crippen molar-refractivity contribution in [3.8, 4) is 0 Å². The maximum Gasteiger partial charge on any atom is 0.279 e. The third-order valence-electron chi connectivity index (χ3n) is 4.48. The largest absolute Gasteiger partial charge is 0.379 e. The first kappa shape index (κ1) is 17.1. The summed E-state index contributed by atoms with van der Waals surface area (Å²) in [6.07, 6.45) is 0.888. The molecule has 2 fully saturated rings. The average Bonchev–Trinajstić information content (AvgIpc) is 2.54. The SMILES string of the molecule is CC[C@](C)(CNS(=O)(=O)N1CCOCC1)N1CCOCC1. The fraction of sp³-hybridized carbons (Fsp3) is 1.00. The topological polar surface area (TPSA) is 71.1 Å². The molecule has 2 aliphatic heterocycles. The molecule has 0 unspecified atom stereocenters. The molecule has 0 bridgehead atoms. The number of hydrogen-bond acceptors (Lipinski definition) is 5. The Morgan fingerprint density at radius 2 is 1.57 bits per heavy atom. The number of nitrogens with zero attached hydrogens (tertiary/aromatic N) is 2. The summed E-state index contributed by atoms with van der Waals surface area (Å²) in [4.78, 5) is 2.32. The molecule has 2 heterocycles. The number of morpholine rings is 2. The molecule has 124 valence electrons.